The number of fused-ring (bicyclic) bond motifs is 1. The molecule has 2 aliphatic heterocycles. The van der Waals surface area contributed by atoms with Crippen LogP contribution in [0.2, 0.25) is 0 Å². The number of amides is 3. The van der Waals surface area contributed by atoms with E-state index in [1.165, 1.54) is 4.90 Å². The number of likely N-dealkylation sites (tertiary alicyclic amines) is 1. The maximum atomic E-state index is 14.4. The lowest BCUT2D eigenvalue weighted by Crippen LogP contribution is -2.42. The summed E-state index contributed by atoms with van der Waals surface area (Å²) in [6.45, 7) is 9.47. The second-order valence-corrected chi connectivity index (χ2v) is 17.5. The third kappa shape index (κ3) is 10.5. The van der Waals surface area contributed by atoms with Crippen molar-refractivity contribution in [1.29, 1.82) is 5.26 Å². The normalized spacial score (nSPS) is 16.9. The van der Waals surface area contributed by atoms with Gasteiger partial charge in [0.1, 0.15) is 17.1 Å². The number of nitrogens with zero attached hydrogens (tertiary/aromatic N) is 4. The van der Waals surface area contributed by atoms with Crippen LogP contribution in [0.4, 0.5) is 0 Å². The molecule has 12 nitrogen and oxygen atoms in total. The molecule has 2 aliphatic rings. The Hall–Kier alpha value is -5.15. The van der Waals surface area contributed by atoms with E-state index in [1.54, 1.807) is 38.5 Å². The molecule has 1 unspecified atom stereocenters. The molecule has 3 atom stereocenters. The highest BCUT2D eigenvalue weighted by atomic mass is 31.2. The Kier molecular flexibility index (Phi) is 16.3. The minimum atomic E-state index is -1.56. The molecule has 2 heterocycles. The van der Waals surface area contributed by atoms with Crippen LogP contribution >= 0.6 is 8.53 Å². The lowest BCUT2D eigenvalue weighted by atomic mass is 9.80. The molecule has 0 aliphatic carbocycles. The molecule has 0 N–H and O–H groups in total. The summed E-state index contributed by atoms with van der Waals surface area (Å²) in [5, 5.41) is 9.32. The van der Waals surface area contributed by atoms with Crippen molar-refractivity contribution in [2.24, 2.45) is 0 Å². The monoisotopic (exact) mass is 862 g/mol. The minimum absolute atomic E-state index is 0.0241. The van der Waals surface area contributed by atoms with E-state index >= 15 is 0 Å². The molecule has 0 aromatic heterocycles. The Bertz CT molecular complexity index is 2050. The maximum Gasteiger partial charge on any atom is 0.261 e. The molecular formula is C49H59N4O8P. The van der Waals surface area contributed by atoms with E-state index in [9.17, 15) is 19.6 Å². The van der Waals surface area contributed by atoms with Gasteiger partial charge in [0.2, 0.25) is 5.91 Å². The van der Waals surface area contributed by atoms with Gasteiger partial charge in [-0.25, -0.2) is 4.67 Å². The fourth-order valence-electron chi connectivity index (χ4n) is 8.44. The molecule has 0 bridgehead atoms. The number of benzene rings is 4. The molecule has 1 fully saturated rings. The van der Waals surface area contributed by atoms with Crippen LogP contribution in [0.5, 0.6) is 11.5 Å². The first-order valence-electron chi connectivity index (χ1n) is 21.5. The quantitative estimate of drug-likeness (QED) is 0.0326. The summed E-state index contributed by atoms with van der Waals surface area (Å²) in [7, 11) is 1.72. The molecule has 0 saturated carbocycles. The van der Waals surface area contributed by atoms with Crippen LogP contribution in [0.3, 0.4) is 0 Å². The summed E-state index contributed by atoms with van der Waals surface area (Å²) in [4.78, 5) is 43.5. The van der Waals surface area contributed by atoms with E-state index in [0.717, 1.165) is 16.7 Å². The highest BCUT2D eigenvalue weighted by Gasteiger charge is 2.43. The smallest absolute Gasteiger partial charge is 0.261 e. The third-order valence-corrected chi connectivity index (χ3v) is 13.6. The Morgan fingerprint density at radius 3 is 1.87 bits per heavy atom. The van der Waals surface area contributed by atoms with Crippen molar-refractivity contribution in [1.82, 2.24) is 14.5 Å². The van der Waals surface area contributed by atoms with E-state index in [1.807, 2.05) is 71.6 Å². The topological polar surface area (TPSA) is 131 Å². The van der Waals surface area contributed by atoms with Gasteiger partial charge in [-0.2, -0.15) is 5.26 Å². The molecule has 1 saturated heterocycles. The zero-order valence-electron chi connectivity index (χ0n) is 36.7. The van der Waals surface area contributed by atoms with E-state index in [4.69, 9.17) is 23.3 Å². The number of rotatable bonds is 22. The molecule has 0 radical (unpaired) electrons. The van der Waals surface area contributed by atoms with Gasteiger partial charge < -0.3 is 28.2 Å². The number of methoxy groups -OCH3 is 2. The van der Waals surface area contributed by atoms with Crippen molar-refractivity contribution in [3.63, 3.8) is 0 Å². The van der Waals surface area contributed by atoms with Crippen molar-refractivity contribution in [2.45, 2.75) is 96.1 Å². The standard InChI is InChI=1S/C49H59N4O8P/c1-35(2)53(36(3)4)62(60-31-15-29-50)61-43-32-40(52(33-43)46(54)20-11-8-14-30-51-47(55)44-18-12-13-19-45(44)48(51)56)34-59-49(37-16-9-7-10-17-37,38-21-25-41(57-5)26-22-38)39-23-27-42(58-6)28-24-39/h7,9-10,12-13,16-19,21-28,35-36,40,43H,8,11,14-15,20,30-34H2,1-6H3/t40-,43+,62?/m0/s1. The Labute approximate surface area is 367 Å². The van der Waals surface area contributed by atoms with Gasteiger partial charge in [0, 0.05) is 31.6 Å². The Balaban J connectivity index is 1.26. The summed E-state index contributed by atoms with van der Waals surface area (Å²) in [6, 6.07) is 34.8. The largest absolute Gasteiger partial charge is 0.497 e. The molecule has 4 aromatic rings. The minimum Gasteiger partial charge on any atom is -0.497 e. The maximum absolute atomic E-state index is 14.4. The number of unbranched alkanes of at least 4 members (excludes halogenated alkanes) is 2. The first-order valence-corrected chi connectivity index (χ1v) is 22.6. The van der Waals surface area contributed by atoms with E-state index in [-0.39, 0.29) is 68.0 Å². The summed E-state index contributed by atoms with van der Waals surface area (Å²) in [6.07, 6.45) is 2.50. The van der Waals surface area contributed by atoms with Gasteiger partial charge in [-0.3, -0.25) is 19.3 Å². The van der Waals surface area contributed by atoms with Crippen LogP contribution in [0.25, 0.3) is 0 Å². The van der Waals surface area contributed by atoms with Crippen molar-refractivity contribution in [3.8, 4) is 17.6 Å². The van der Waals surface area contributed by atoms with Gasteiger partial charge in [0.25, 0.3) is 20.3 Å². The molecule has 13 heteroatoms. The predicted molar refractivity (Wildman–Crippen MR) is 239 cm³/mol. The summed E-state index contributed by atoms with van der Waals surface area (Å²) in [5.41, 5.74) is 2.47. The molecule has 62 heavy (non-hydrogen) atoms. The van der Waals surface area contributed by atoms with Crippen LogP contribution < -0.4 is 9.47 Å². The summed E-state index contributed by atoms with van der Waals surface area (Å²) < 4.78 is 33.8. The fourth-order valence-corrected chi connectivity index (χ4v) is 10.2. The van der Waals surface area contributed by atoms with Crippen LogP contribution in [-0.2, 0) is 24.2 Å². The number of imide groups is 1. The number of ether oxygens (including phenoxy) is 3. The number of carbonyl (C=O) groups is 3. The zero-order valence-corrected chi connectivity index (χ0v) is 37.6. The first-order chi connectivity index (χ1) is 30.0. The van der Waals surface area contributed by atoms with Gasteiger partial charge >= 0.3 is 0 Å². The van der Waals surface area contributed by atoms with Gasteiger partial charge in [0.05, 0.1) is 63.2 Å². The van der Waals surface area contributed by atoms with Gasteiger partial charge in [-0.15, -0.1) is 0 Å². The van der Waals surface area contributed by atoms with Gasteiger partial charge in [-0.05, 0) is 100 Å². The molecule has 328 valence electrons. The Morgan fingerprint density at radius 1 is 0.790 bits per heavy atom. The third-order valence-electron chi connectivity index (χ3n) is 11.4. The number of carbonyl (C=O) groups excluding carboxylic acids is 3. The van der Waals surface area contributed by atoms with E-state index in [0.29, 0.717) is 61.4 Å². The summed E-state index contributed by atoms with van der Waals surface area (Å²) in [5.74, 6) is 0.866. The first kappa shape index (κ1) is 46.4. The van der Waals surface area contributed by atoms with E-state index in [2.05, 4.69) is 50.6 Å². The average Bonchev–Trinajstić information content (AvgIpc) is 3.80. The Morgan fingerprint density at radius 2 is 1.34 bits per heavy atom. The van der Waals surface area contributed by atoms with Gasteiger partial charge in [-0.1, -0.05) is 73.2 Å². The van der Waals surface area contributed by atoms with Crippen LogP contribution in [0.1, 0.15) is 104 Å². The lowest BCUT2D eigenvalue weighted by Gasteiger charge is -2.38. The number of hydrogen-bond acceptors (Lipinski definition) is 10. The fraction of sp³-hybridized carbons (Fsp3) is 0.429. The lowest BCUT2D eigenvalue weighted by molar-refractivity contribution is -0.134. The van der Waals surface area contributed by atoms with Crippen molar-refractivity contribution >= 4 is 26.2 Å². The second-order valence-electron chi connectivity index (χ2n) is 16.1. The molecule has 4 aromatic carbocycles. The predicted octanol–water partition coefficient (Wildman–Crippen LogP) is 9.13. The highest BCUT2D eigenvalue weighted by molar-refractivity contribution is 7.44. The zero-order chi connectivity index (χ0) is 44.2. The SMILES string of the molecule is COc1ccc(C(OC[C@@H]2C[C@@H](OP(OCCC#N)N(C(C)C)C(C)C)CN2C(=O)CCCCCN2C(=O)c3ccccc3C2=O)(c2ccccc2)c2ccc(OC)cc2)cc1. The number of nitriles is 1. The molecule has 3 amide bonds. The average molecular weight is 863 g/mol. The van der Waals surface area contributed by atoms with Crippen molar-refractivity contribution in [2.75, 3.05) is 40.5 Å². The second kappa shape index (κ2) is 21.8. The van der Waals surface area contributed by atoms with Crippen LogP contribution in [0, 0.1) is 11.3 Å². The van der Waals surface area contributed by atoms with Crippen molar-refractivity contribution in [3.05, 3.63) is 131 Å². The van der Waals surface area contributed by atoms with Crippen LogP contribution in [-0.4, -0.2) is 96.9 Å². The highest BCUT2D eigenvalue weighted by Crippen LogP contribution is 2.49. The van der Waals surface area contributed by atoms with Gasteiger partial charge in [0.15, 0.2) is 0 Å². The summed E-state index contributed by atoms with van der Waals surface area (Å²) >= 11 is 0. The molecule has 6 rings (SSSR count). The van der Waals surface area contributed by atoms with Crippen LogP contribution in [0.15, 0.2) is 103 Å². The molecular weight excluding hydrogens is 804 g/mol. The van der Waals surface area contributed by atoms with Crippen molar-refractivity contribution < 1.29 is 37.6 Å². The molecule has 0 spiro atoms. The van der Waals surface area contributed by atoms with E-state index < -0.39 is 14.1 Å². The number of hydrogen-bond donors (Lipinski definition) is 0.